The number of methoxy groups -OCH3 is 1. The molecule has 0 unspecified atom stereocenters. The lowest BCUT2D eigenvalue weighted by molar-refractivity contribution is 0.182. The van der Waals surface area contributed by atoms with Gasteiger partial charge in [-0.25, -0.2) is 0 Å². The normalized spacial score (nSPS) is 11.0. The predicted molar refractivity (Wildman–Crippen MR) is 94.1 cm³/mol. The van der Waals surface area contributed by atoms with Gasteiger partial charge in [0.2, 0.25) is 5.88 Å². The second-order valence-electron chi connectivity index (χ2n) is 5.37. The van der Waals surface area contributed by atoms with Crippen molar-refractivity contribution in [2.24, 2.45) is 10.2 Å². The molecular formula is C17H17ClN4O3. The summed E-state index contributed by atoms with van der Waals surface area (Å²) in [7, 11) is 1.48. The molecule has 0 spiro atoms. The van der Waals surface area contributed by atoms with Crippen molar-refractivity contribution in [3.8, 4) is 11.9 Å². The van der Waals surface area contributed by atoms with Crippen molar-refractivity contribution in [3.63, 3.8) is 0 Å². The molecule has 1 heterocycles. The number of azo groups is 1. The Bertz CT molecular complexity index is 929. The first-order valence-corrected chi connectivity index (χ1v) is 7.81. The highest BCUT2D eigenvalue weighted by atomic mass is 35.5. The zero-order chi connectivity index (χ0) is 18.6. The van der Waals surface area contributed by atoms with E-state index in [-0.39, 0.29) is 30.0 Å². The number of aromatic hydroxyl groups is 1. The highest BCUT2D eigenvalue weighted by Crippen LogP contribution is 2.28. The molecule has 8 heteroatoms. The van der Waals surface area contributed by atoms with Gasteiger partial charge in [-0.2, -0.15) is 10.4 Å². The first kappa shape index (κ1) is 18.6. The second-order valence-corrected chi connectivity index (χ2v) is 5.77. The Kier molecular flexibility index (Phi) is 5.91. The Hall–Kier alpha value is -2.69. The summed E-state index contributed by atoms with van der Waals surface area (Å²) in [5.74, 6) is -0.403. The Morgan fingerprint density at radius 2 is 2.08 bits per heavy atom. The van der Waals surface area contributed by atoms with Gasteiger partial charge in [0, 0.05) is 17.7 Å². The summed E-state index contributed by atoms with van der Waals surface area (Å²) in [6, 6.07) is 7.03. The molecule has 1 aromatic heterocycles. The summed E-state index contributed by atoms with van der Waals surface area (Å²) >= 11 is 6.05. The van der Waals surface area contributed by atoms with Gasteiger partial charge in [-0.1, -0.05) is 17.7 Å². The third-order valence-corrected chi connectivity index (χ3v) is 4.12. The molecule has 0 aliphatic heterocycles. The van der Waals surface area contributed by atoms with Crippen molar-refractivity contribution in [1.82, 2.24) is 4.57 Å². The molecule has 1 N–H and O–H groups in total. The molecular weight excluding hydrogens is 344 g/mol. The maximum absolute atomic E-state index is 12.6. The molecule has 0 bridgehead atoms. The van der Waals surface area contributed by atoms with Crippen LogP contribution in [0.3, 0.4) is 0 Å². The van der Waals surface area contributed by atoms with Crippen molar-refractivity contribution < 1.29 is 9.84 Å². The molecule has 0 saturated carbocycles. The van der Waals surface area contributed by atoms with E-state index < -0.39 is 11.4 Å². The van der Waals surface area contributed by atoms with Gasteiger partial charge in [-0.3, -0.25) is 9.36 Å². The number of ether oxygens (including phenoxy) is 1. The van der Waals surface area contributed by atoms with Crippen LogP contribution in [-0.4, -0.2) is 23.4 Å². The standard InChI is InChI=1S/C17H17ClN4O3/c1-10-4-5-12(8-14(10)18)20-21-15-11(2)13(9-19)16(23)22(17(15)24)6-7-25-3/h4-5,8,23H,6-7H2,1-3H3. The largest absolute Gasteiger partial charge is 0.493 e. The molecule has 0 atom stereocenters. The minimum atomic E-state index is -0.548. The number of aromatic nitrogens is 1. The number of hydrogen-bond donors (Lipinski definition) is 1. The summed E-state index contributed by atoms with van der Waals surface area (Å²) in [6.07, 6.45) is 0. The summed E-state index contributed by atoms with van der Waals surface area (Å²) in [5.41, 5.74) is 1.06. The third-order valence-electron chi connectivity index (χ3n) is 3.71. The molecule has 0 aliphatic rings. The molecule has 7 nitrogen and oxygen atoms in total. The van der Waals surface area contributed by atoms with Crippen LogP contribution >= 0.6 is 11.6 Å². The molecule has 2 rings (SSSR count). The Balaban J connectivity index is 2.56. The lowest BCUT2D eigenvalue weighted by Crippen LogP contribution is -2.23. The number of nitriles is 1. The van der Waals surface area contributed by atoms with Crippen molar-refractivity contribution in [3.05, 3.63) is 50.3 Å². The van der Waals surface area contributed by atoms with E-state index >= 15 is 0 Å². The van der Waals surface area contributed by atoms with E-state index in [4.69, 9.17) is 16.3 Å². The fraction of sp³-hybridized carbons (Fsp3) is 0.294. The van der Waals surface area contributed by atoms with Gasteiger partial charge < -0.3 is 9.84 Å². The lowest BCUT2D eigenvalue weighted by Gasteiger charge is -2.12. The van der Waals surface area contributed by atoms with Crippen LogP contribution in [0, 0.1) is 25.2 Å². The van der Waals surface area contributed by atoms with Crippen molar-refractivity contribution in [2.75, 3.05) is 13.7 Å². The smallest absolute Gasteiger partial charge is 0.281 e. The van der Waals surface area contributed by atoms with Gasteiger partial charge >= 0.3 is 0 Å². The quantitative estimate of drug-likeness (QED) is 0.820. The van der Waals surface area contributed by atoms with E-state index in [2.05, 4.69) is 10.2 Å². The van der Waals surface area contributed by atoms with E-state index in [0.29, 0.717) is 10.7 Å². The van der Waals surface area contributed by atoms with Gasteiger partial charge in [0.1, 0.15) is 11.6 Å². The average Bonchev–Trinajstić information content (AvgIpc) is 2.58. The fourth-order valence-corrected chi connectivity index (χ4v) is 2.37. The first-order chi connectivity index (χ1) is 11.9. The summed E-state index contributed by atoms with van der Waals surface area (Å²) in [5, 5.41) is 28.0. The maximum atomic E-state index is 12.6. The third kappa shape index (κ3) is 3.87. The van der Waals surface area contributed by atoms with Gasteiger partial charge in [0.15, 0.2) is 5.69 Å². The van der Waals surface area contributed by atoms with E-state index in [1.807, 2.05) is 13.0 Å². The number of nitrogens with zero attached hydrogens (tertiary/aromatic N) is 4. The molecule has 25 heavy (non-hydrogen) atoms. The molecule has 2 aromatic rings. The van der Waals surface area contributed by atoms with E-state index in [1.54, 1.807) is 18.2 Å². The summed E-state index contributed by atoms with van der Waals surface area (Å²) in [4.78, 5) is 12.6. The van der Waals surface area contributed by atoms with Crippen LogP contribution in [0.2, 0.25) is 5.02 Å². The zero-order valence-corrected chi connectivity index (χ0v) is 14.8. The second kappa shape index (κ2) is 7.92. The van der Waals surface area contributed by atoms with Crippen LogP contribution in [0.1, 0.15) is 16.7 Å². The number of hydrogen-bond acceptors (Lipinski definition) is 6. The summed E-state index contributed by atoms with van der Waals surface area (Å²) in [6.45, 7) is 3.69. The highest BCUT2D eigenvalue weighted by Gasteiger charge is 2.19. The molecule has 0 radical (unpaired) electrons. The van der Waals surface area contributed by atoms with Gasteiger partial charge in [0.25, 0.3) is 5.56 Å². The van der Waals surface area contributed by atoms with Crippen molar-refractivity contribution in [1.29, 1.82) is 5.26 Å². The topological polar surface area (TPSA) is 100.0 Å². The van der Waals surface area contributed by atoms with Crippen molar-refractivity contribution >= 4 is 23.0 Å². The molecule has 0 amide bonds. The molecule has 0 fully saturated rings. The van der Waals surface area contributed by atoms with Crippen LogP contribution in [0.25, 0.3) is 0 Å². The van der Waals surface area contributed by atoms with E-state index in [0.717, 1.165) is 10.1 Å². The van der Waals surface area contributed by atoms with E-state index in [9.17, 15) is 15.2 Å². The predicted octanol–water partition coefficient (Wildman–Crippen LogP) is 3.76. The number of halogens is 1. The lowest BCUT2D eigenvalue weighted by atomic mass is 10.1. The van der Waals surface area contributed by atoms with Gasteiger partial charge in [-0.05, 0) is 31.5 Å². The number of pyridine rings is 1. The van der Waals surface area contributed by atoms with Crippen LogP contribution in [0.5, 0.6) is 5.88 Å². The van der Waals surface area contributed by atoms with Crippen LogP contribution < -0.4 is 5.56 Å². The van der Waals surface area contributed by atoms with E-state index in [1.165, 1.54) is 14.0 Å². The Morgan fingerprint density at radius 3 is 2.68 bits per heavy atom. The minimum Gasteiger partial charge on any atom is -0.493 e. The maximum Gasteiger partial charge on any atom is 0.281 e. The molecule has 0 saturated heterocycles. The average molecular weight is 361 g/mol. The Morgan fingerprint density at radius 1 is 1.36 bits per heavy atom. The van der Waals surface area contributed by atoms with Crippen LogP contribution in [0.4, 0.5) is 11.4 Å². The Labute approximate surface area is 149 Å². The number of benzene rings is 1. The molecule has 130 valence electrons. The number of aryl methyl sites for hydroxylation is 1. The first-order valence-electron chi connectivity index (χ1n) is 7.44. The summed E-state index contributed by atoms with van der Waals surface area (Å²) < 4.78 is 5.98. The van der Waals surface area contributed by atoms with Gasteiger partial charge in [-0.15, -0.1) is 5.11 Å². The molecule has 0 aliphatic carbocycles. The zero-order valence-electron chi connectivity index (χ0n) is 14.1. The monoisotopic (exact) mass is 360 g/mol. The molecule has 1 aromatic carbocycles. The minimum absolute atomic E-state index is 0.0119. The van der Waals surface area contributed by atoms with Crippen LogP contribution in [-0.2, 0) is 11.3 Å². The van der Waals surface area contributed by atoms with Gasteiger partial charge in [0.05, 0.1) is 18.8 Å². The van der Waals surface area contributed by atoms with Crippen LogP contribution in [0.15, 0.2) is 33.2 Å². The highest BCUT2D eigenvalue weighted by molar-refractivity contribution is 6.31. The number of rotatable bonds is 5. The SMILES string of the molecule is COCCn1c(O)c(C#N)c(C)c(N=Nc2ccc(C)c(Cl)c2)c1=O. The van der Waals surface area contributed by atoms with Crippen molar-refractivity contribution in [2.45, 2.75) is 20.4 Å². The fourth-order valence-electron chi connectivity index (χ4n) is 2.20.